The molecule has 2 N–H and O–H groups in total. The highest BCUT2D eigenvalue weighted by Crippen LogP contribution is 2.20. The van der Waals surface area contributed by atoms with E-state index in [0.29, 0.717) is 6.42 Å². The topological polar surface area (TPSA) is 49.3 Å². The molecule has 0 saturated carbocycles. The first-order valence-electron chi connectivity index (χ1n) is 6.91. The van der Waals surface area contributed by atoms with E-state index >= 15 is 0 Å². The quantitative estimate of drug-likeness (QED) is 0.857. The first-order valence-corrected chi connectivity index (χ1v) is 7.79. The molecule has 6 heteroatoms. The Labute approximate surface area is 131 Å². The molecule has 2 unspecified atom stereocenters. The Morgan fingerprint density at radius 2 is 1.95 bits per heavy atom. The highest BCUT2D eigenvalue weighted by atomic mass is 32.1. The van der Waals surface area contributed by atoms with Gasteiger partial charge < -0.3 is 10.4 Å². The van der Waals surface area contributed by atoms with Crippen molar-refractivity contribution in [2.75, 3.05) is 6.54 Å². The van der Waals surface area contributed by atoms with Crippen LogP contribution in [0.25, 0.3) is 0 Å². The number of hydrogen-bond donors (Lipinski definition) is 2. The van der Waals surface area contributed by atoms with Gasteiger partial charge in [-0.3, -0.25) is 4.79 Å². The van der Waals surface area contributed by atoms with Crippen molar-refractivity contribution >= 4 is 17.2 Å². The van der Waals surface area contributed by atoms with Crippen LogP contribution in [0.3, 0.4) is 0 Å². The van der Waals surface area contributed by atoms with E-state index in [9.17, 15) is 18.7 Å². The molecule has 22 heavy (non-hydrogen) atoms. The molecule has 1 amide bonds. The van der Waals surface area contributed by atoms with Gasteiger partial charge in [-0.1, -0.05) is 19.1 Å². The second-order valence-electron chi connectivity index (χ2n) is 5.08. The normalized spacial score (nSPS) is 13.6. The number of rotatable bonds is 6. The molecule has 0 bridgehead atoms. The van der Waals surface area contributed by atoms with Crippen LogP contribution in [-0.4, -0.2) is 17.6 Å². The third-order valence-corrected chi connectivity index (χ3v) is 4.24. The highest BCUT2D eigenvalue weighted by molar-refractivity contribution is 7.09. The number of halogens is 2. The van der Waals surface area contributed by atoms with E-state index in [1.54, 1.807) is 18.3 Å². The van der Waals surface area contributed by atoms with Crippen LogP contribution in [0.15, 0.2) is 35.7 Å². The monoisotopic (exact) mass is 325 g/mol. The van der Waals surface area contributed by atoms with E-state index in [2.05, 4.69) is 5.32 Å². The van der Waals surface area contributed by atoms with Crippen molar-refractivity contribution in [2.45, 2.75) is 19.4 Å². The van der Waals surface area contributed by atoms with Gasteiger partial charge in [0.25, 0.3) is 0 Å². The Morgan fingerprint density at radius 1 is 1.27 bits per heavy atom. The summed E-state index contributed by atoms with van der Waals surface area (Å²) in [6.45, 7) is 1.54. The number of carbonyl (C=O) groups is 1. The van der Waals surface area contributed by atoms with Crippen molar-refractivity contribution in [1.82, 2.24) is 5.32 Å². The van der Waals surface area contributed by atoms with Crippen LogP contribution in [-0.2, 0) is 11.2 Å². The first kappa shape index (κ1) is 16.6. The van der Waals surface area contributed by atoms with Gasteiger partial charge in [0.2, 0.25) is 5.91 Å². The van der Waals surface area contributed by atoms with Crippen LogP contribution in [0, 0.1) is 17.6 Å². The first-order chi connectivity index (χ1) is 10.5. The molecule has 2 aromatic rings. The minimum atomic E-state index is -1.42. The molecule has 0 fully saturated rings. The molecule has 2 rings (SSSR count). The fourth-order valence-corrected chi connectivity index (χ4v) is 2.96. The SMILES string of the molecule is CC(Cc1cccs1)C(=O)NCC(O)c1c(F)cccc1F. The second-order valence-corrected chi connectivity index (χ2v) is 6.11. The van der Waals surface area contributed by atoms with Crippen LogP contribution in [0.2, 0.25) is 0 Å². The predicted octanol–water partition coefficient (Wildman–Crippen LogP) is 3.05. The van der Waals surface area contributed by atoms with E-state index in [-0.39, 0.29) is 18.4 Å². The highest BCUT2D eigenvalue weighted by Gasteiger charge is 2.20. The number of aliphatic hydroxyl groups excluding tert-OH is 1. The van der Waals surface area contributed by atoms with Gasteiger partial charge in [0.15, 0.2) is 0 Å². The van der Waals surface area contributed by atoms with Gasteiger partial charge in [-0.2, -0.15) is 0 Å². The third kappa shape index (κ3) is 4.11. The van der Waals surface area contributed by atoms with E-state index in [4.69, 9.17) is 0 Å². The van der Waals surface area contributed by atoms with Crippen molar-refractivity contribution in [3.63, 3.8) is 0 Å². The van der Waals surface area contributed by atoms with Crippen LogP contribution in [0.1, 0.15) is 23.5 Å². The lowest BCUT2D eigenvalue weighted by Crippen LogP contribution is -2.33. The Hall–Kier alpha value is -1.79. The molecule has 1 aromatic carbocycles. The number of benzene rings is 1. The standard InChI is InChI=1S/C16H17F2NO2S/c1-10(8-11-4-3-7-22-11)16(21)19-9-14(20)15-12(17)5-2-6-13(15)18/h2-7,10,14,20H,8-9H2,1H3,(H,19,21). The molecule has 0 aliphatic heterocycles. The van der Waals surface area contributed by atoms with E-state index in [1.165, 1.54) is 6.07 Å². The summed E-state index contributed by atoms with van der Waals surface area (Å²) in [5.41, 5.74) is -0.422. The molecular weight excluding hydrogens is 308 g/mol. The number of carbonyl (C=O) groups excluding carboxylic acids is 1. The van der Waals surface area contributed by atoms with Gasteiger partial charge in [-0.15, -0.1) is 11.3 Å². The smallest absolute Gasteiger partial charge is 0.223 e. The number of nitrogens with one attached hydrogen (secondary N) is 1. The number of thiophene rings is 1. The number of amides is 1. The van der Waals surface area contributed by atoms with E-state index in [1.807, 2.05) is 17.5 Å². The lowest BCUT2D eigenvalue weighted by Gasteiger charge is -2.16. The zero-order valence-electron chi connectivity index (χ0n) is 12.1. The summed E-state index contributed by atoms with van der Waals surface area (Å²) < 4.78 is 27.0. The minimum Gasteiger partial charge on any atom is -0.386 e. The summed E-state index contributed by atoms with van der Waals surface area (Å²) in [5.74, 6) is -2.19. The number of aliphatic hydroxyl groups is 1. The summed E-state index contributed by atoms with van der Waals surface area (Å²) in [4.78, 5) is 13.1. The van der Waals surface area contributed by atoms with Gasteiger partial charge >= 0.3 is 0 Å². The van der Waals surface area contributed by atoms with E-state index < -0.39 is 23.3 Å². The molecule has 0 aliphatic carbocycles. The van der Waals surface area contributed by atoms with Gasteiger partial charge in [-0.05, 0) is 30.0 Å². The Balaban J connectivity index is 1.90. The number of hydrogen-bond acceptors (Lipinski definition) is 3. The van der Waals surface area contributed by atoms with Crippen molar-refractivity contribution in [3.05, 3.63) is 57.8 Å². The molecule has 3 nitrogen and oxygen atoms in total. The predicted molar refractivity (Wildman–Crippen MR) is 81.5 cm³/mol. The van der Waals surface area contributed by atoms with Gasteiger partial charge in [-0.25, -0.2) is 8.78 Å². The van der Waals surface area contributed by atoms with Gasteiger partial charge in [0.05, 0.1) is 5.56 Å². The fraction of sp³-hybridized carbons (Fsp3) is 0.312. The Bertz CT molecular complexity index is 611. The van der Waals surface area contributed by atoms with Crippen molar-refractivity contribution in [3.8, 4) is 0 Å². The summed E-state index contributed by atoms with van der Waals surface area (Å²) in [6.07, 6.45) is -0.827. The minimum absolute atomic E-state index is 0.231. The second kappa shape index (κ2) is 7.47. The van der Waals surface area contributed by atoms with E-state index in [0.717, 1.165) is 17.0 Å². The molecule has 1 aromatic heterocycles. The lowest BCUT2D eigenvalue weighted by atomic mass is 10.0. The summed E-state index contributed by atoms with van der Waals surface area (Å²) in [6, 6.07) is 7.22. The average molecular weight is 325 g/mol. The average Bonchev–Trinajstić information content (AvgIpc) is 2.97. The Kier molecular flexibility index (Phi) is 5.63. The van der Waals surface area contributed by atoms with Crippen LogP contribution >= 0.6 is 11.3 Å². The van der Waals surface area contributed by atoms with Crippen molar-refractivity contribution in [2.24, 2.45) is 5.92 Å². The van der Waals surface area contributed by atoms with Crippen molar-refractivity contribution < 1.29 is 18.7 Å². The largest absolute Gasteiger partial charge is 0.386 e. The zero-order valence-corrected chi connectivity index (χ0v) is 12.9. The van der Waals surface area contributed by atoms with Crippen LogP contribution in [0.4, 0.5) is 8.78 Å². The molecule has 2 atom stereocenters. The molecule has 1 heterocycles. The molecular formula is C16H17F2NO2S. The Morgan fingerprint density at radius 3 is 2.55 bits per heavy atom. The fourth-order valence-electron chi connectivity index (χ4n) is 2.13. The summed E-state index contributed by atoms with van der Waals surface area (Å²) >= 11 is 1.57. The zero-order chi connectivity index (χ0) is 16.1. The molecule has 0 saturated heterocycles. The van der Waals surface area contributed by atoms with Crippen LogP contribution < -0.4 is 5.32 Å². The summed E-state index contributed by atoms with van der Waals surface area (Å²) in [7, 11) is 0. The molecule has 0 spiro atoms. The third-order valence-electron chi connectivity index (χ3n) is 3.34. The van der Waals surface area contributed by atoms with Crippen molar-refractivity contribution in [1.29, 1.82) is 0 Å². The van der Waals surface area contributed by atoms with Crippen LogP contribution in [0.5, 0.6) is 0 Å². The molecule has 118 valence electrons. The lowest BCUT2D eigenvalue weighted by molar-refractivity contribution is -0.124. The molecule has 0 radical (unpaired) electrons. The summed E-state index contributed by atoms with van der Waals surface area (Å²) in [5, 5.41) is 14.3. The maximum absolute atomic E-state index is 13.5. The molecule has 0 aliphatic rings. The maximum Gasteiger partial charge on any atom is 0.223 e. The van der Waals surface area contributed by atoms with Gasteiger partial charge in [0.1, 0.15) is 17.7 Å². The maximum atomic E-state index is 13.5. The van der Waals surface area contributed by atoms with Gasteiger partial charge in [0, 0.05) is 17.3 Å².